The van der Waals surface area contributed by atoms with Gasteiger partial charge in [-0.2, -0.15) is 5.26 Å². The monoisotopic (exact) mass is 283 g/mol. The number of aryl methyl sites for hydroxylation is 1. The number of nitrogens with zero attached hydrogens (tertiary/aromatic N) is 1. The van der Waals surface area contributed by atoms with Crippen LogP contribution in [0.15, 0.2) is 22.7 Å². The van der Waals surface area contributed by atoms with Crippen LogP contribution < -0.4 is 0 Å². The average molecular weight is 284 g/mol. The number of halogens is 1. The third kappa shape index (κ3) is 4.27. The first-order chi connectivity index (χ1) is 7.13. The van der Waals surface area contributed by atoms with E-state index in [1.54, 1.807) is 0 Å². The lowest BCUT2D eigenvalue weighted by atomic mass is 10.0. The Kier molecular flexibility index (Phi) is 5.21. The molecule has 0 aliphatic rings. The first-order valence-electron chi connectivity index (χ1n) is 4.89. The number of benzene rings is 1. The summed E-state index contributed by atoms with van der Waals surface area (Å²) in [6, 6.07) is 6.44. The van der Waals surface area contributed by atoms with Crippen molar-refractivity contribution >= 4 is 27.7 Å². The van der Waals surface area contributed by atoms with Crippen LogP contribution in [0, 0.1) is 23.5 Å². The highest BCUT2D eigenvalue weighted by atomic mass is 79.9. The molecule has 80 valence electrons. The summed E-state index contributed by atoms with van der Waals surface area (Å²) in [6.45, 7) is 4.28. The molecule has 0 aromatic heterocycles. The summed E-state index contributed by atoms with van der Waals surface area (Å²) in [6.07, 6.45) is 1.04. The van der Waals surface area contributed by atoms with Gasteiger partial charge in [0, 0.05) is 10.2 Å². The SMILES string of the molecule is Cc1cc(CC(C)CSC#N)ccc1Br. The molecule has 1 unspecified atom stereocenters. The molecule has 0 saturated carbocycles. The van der Waals surface area contributed by atoms with Gasteiger partial charge in [0.25, 0.3) is 0 Å². The number of hydrogen-bond donors (Lipinski definition) is 0. The summed E-state index contributed by atoms with van der Waals surface area (Å²) in [7, 11) is 0. The van der Waals surface area contributed by atoms with Gasteiger partial charge in [-0.25, -0.2) is 0 Å². The van der Waals surface area contributed by atoms with E-state index >= 15 is 0 Å². The van der Waals surface area contributed by atoms with Crippen LogP contribution >= 0.6 is 27.7 Å². The van der Waals surface area contributed by atoms with E-state index in [0.717, 1.165) is 16.6 Å². The zero-order valence-corrected chi connectivity index (χ0v) is 11.4. The Balaban J connectivity index is 2.57. The molecule has 1 rings (SSSR count). The van der Waals surface area contributed by atoms with Gasteiger partial charge in [0.05, 0.1) is 0 Å². The molecule has 0 radical (unpaired) electrons. The fraction of sp³-hybridized carbons (Fsp3) is 0.417. The van der Waals surface area contributed by atoms with Crippen LogP contribution in [-0.4, -0.2) is 5.75 Å². The van der Waals surface area contributed by atoms with Crippen LogP contribution in [-0.2, 0) is 6.42 Å². The molecule has 1 atom stereocenters. The molecule has 0 spiro atoms. The van der Waals surface area contributed by atoms with Crippen LogP contribution in [0.1, 0.15) is 18.1 Å². The van der Waals surface area contributed by atoms with Gasteiger partial charge in [-0.3, -0.25) is 0 Å². The fourth-order valence-electron chi connectivity index (χ4n) is 1.47. The summed E-state index contributed by atoms with van der Waals surface area (Å²) in [5.41, 5.74) is 2.62. The molecule has 0 heterocycles. The summed E-state index contributed by atoms with van der Waals surface area (Å²) in [4.78, 5) is 0. The highest BCUT2D eigenvalue weighted by molar-refractivity contribution is 9.10. The number of thioether (sulfide) groups is 1. The number of hydrogen-bond acceptors (Lipinski definition) is 2. The Hall–Kier alpha value is -0.460. The summed E-state index contributed by atoms with van der Waals surface area (Å²) >= 11 is 4.83. The molecule has 0 N–H and O–H groups in total. The van der Waals surface area contributed by atoms with Gasteiger partial charge in [0.2, 0.25) is 0 Å². The van der Waals surface area contributed by atoms with E-state index in [-0.39, 0.29) is 0 Å². The second kappa shape index (κ2) is 6.19. The Labute approximate surface area is 104 Å². The molecule has 3 heteroatoms. The van der Waals surface area contributed by atoms with Crippen molar-refractivity contribution in [3.8, 4) is 5.40 Å². The second-order valence-corrected chi connectivity index (χ2v) is 5.45. The first-order valence-corrected chi connectivity index (χ1v) is 6.67. The van der Waals surface area contributed by atoms with Gasteiger partial charge in [-0.15, -0.1) is 0 Å². The van der Waals surface area contributed by atoms with E-state index in [1.807, 2.05) is 0 Å². The van der Waals surface area contributed by atoms with Crippen molar-refractivity contribution in [1.82, 2.24) is 0 Å². The van der Waals surface area contributed by atoms with Gasteiger partial charge in [-0.1, -0.05) is 35.0 Å². The minimum Gasteiger partial charge on any atom is -0.185 e. The predicted molar refractivity (Wildman–Crippen MR) is 69.8 cm³/mol. The molecular weight excluding hydrogens is 270 g/mol. The maximum Gasteiger partial charge on any atom is 0.133 e. The van der Waals surface area contributed by atoms with E-state index in [0.29, 0.717) is 5.92 Å². The standard InChI is InChI=1S/C12H14BrNS/c1-9(7-15-8-14)5-11-3-4-12(13)10(2)6-11/h3-4,6,9H,5,7H2,1-2H3. The molecule has 0 bridgehead atoms. The lowest BCUT2D eigenvalue weighted by Crippen LogP contribution is -2.02. The lowest BCUT2D eigenvalue weighted by Gasteiger charge is -2.09. The zero-order valence-electron chi connectivity index (χ0n) is 8.96. The molecule has 0 fully saturated rings. The highest BCUT2D eigenvalue weighted by Crippen LogP contribution is 2.20. The van der Waals surface area contributed by atoms with Gasteiger partial charge >= 0.3 is 0 Å². The van der Waals surface area contributed by atoms with Crippen molar-refractivity contribution in [3.05, 3.63) is 33.8 Å². The summed E-state index contributed by atoms with van der Waals surface area (Å²) < 4.78 is 1.16. The number of thiocyanates is 1. The van der Waals surface area contributed by atoms with Crippen LogP contribution in [0.5, 0.6) is 0 Å². The Morgan fingerprint density at radius 2 is 2.27 bits per heavy atom. The molecule has 0 amide bonds. The van der Waals surface area contributed by atoms with Crippen LogP contribution in [0.3, 0.4) is 0 Å². The van der Waals surface area contributed by atoms with Crippen LogP contribution in [0.2, 0.25) is 0 Å². The van der Waals surface area contributed by atoms with Crippen LogP contribution in [0.25, 0.3) is 0 Å². The maximum atomic E-state index is 8.47. The van der Waals surface area contributed by atoms with Crippen molar-refractivity contribution in [2.45, 2.75) is 20.3 Å². The molecular formula is C12H14BrNS. The molecule has 15 heavy (non-hydrogen) atoms. The van der Waals surface area contributed by atoms with Crippen molar-refractivity contribution in [1.29, 1.82) is 5.26 Å². The minimum atomic E-state index is 0.551. The smallest absolute Gasteiger partial charge is 0.133 e. The second-order valence-electron chi connectivity index (χ2n) is 3.80. The topological polar surface area (TPSA) is 23.8 Å². The van der Waals surface area contributed by atoms with Gasteiger partial charge in [0.15, 0.2) is 0 Å². The lowest BCUT2D eigenvalue weighted by molar-refractivity contribution is 0.659. The first kappa shape index (κ1) is 12.6. The van der Waals surface area contributed by atoms with Crippen molar-refractivity contribution < 1.29 is 0 Å². The summed E-state index contributed by atoms with van der Waals surface area (Å²) in [5, 5.41) is 10.6. The molecule has 1 nitrogen and oxygen atoms in total. The average Bonchev–Trinajstić information content (AvgIpc) is 2.20. The zero-order chi connectivity index (χ0) is 11.3. The minimum absolute atomic E-state index is 0.551. The van der Waals surface area contributed by atoms with E-state index in [1.165, 1.54) is 22.9 Å². The number of nitriles is 1. The molecule has 0 aliphatic carbocycles. The predicted octanol–water partition coefficient (Wildman–Crippen LogP) is 4.15. The van der Waals surface area contributed by atoms with E-state index in [9.17, 15) is 0 Å². The van der Waals surface area contributed by atoms with E-state index < -0.39 is 0 Å². The van der Waals surface area contributed by atoms with Gasteiger partial charge in [-0.05, 0) is 48.2 Å². The fourth-order valence-corrected chi connectivity index (χ4v) is 2.20. The third-order valence-corrected chi connectivity index (χ3v) is 3.99. The Morgan fingerprint density at radius 1 is 1.53 bits per heavy atom. The molecule has 1 aromatic carbocycles. The Morgan fingerprint density at radius 3 is 2.87 bits per heavy atom. The van der Waals surface area contributed by atoms with Crippen molar-refractivity contribution in [2.75, 3.05) is 5.75 Å². The maximum absolute atomic E-state index is 8.47. The highest BCUT2D eigenvalue weighted by Gasteiger charge is 2.05. The van der Waals surface area contributed by atoms with Gasteiger partial charge < -0.3 is 0 Å². The van der Waals surface area contributed by atoms with E-state index in [2.05, 4.69) is 53.4 Å². The van der Waals surface area contributed by atoms with Gasteiger partial charge in [0.1, 0.15) is 5.40 Å². The van der Waals surface area contributed by atoms with E-state index in [4.69, 9.17) is 5.26 Å². The molecule has 0 saturated heterocycles. The normalized spacial score (nSPS) is 12.1. The van der Waals surface area contributed by atoms with Crippen molar-refractivity contribution in [3.63, 3.8) is 0 Å². The quantitative estimate of drug-likeness (QED) is 0.775. The van der Waals surface area contributed by atoms with Crippen molar-refractivity contribution in [2.24, 2.45) is 5.92 Å². The summed E-state index contributed by atoms with van der Waals surface area (Å²) in [5.74, 6) is 1.46. The molecule has 1 aromatic rings. The number of rotatable bonds is 4. The third-order valence-electron chi connectivity index (χ3n) is 2.24. The largest absolute Gasteiger partial charge is 0.185 e. The Bertz CT molecular complexity index is 370. The molecule has 0 aliphatic heterocycles. The van der Waals surface area contributed by atoms with Crippen LogP contribution in [0.4, 0.5) is 0 Å².